The van der Waals surface area contributed by atoms with Crippen molar-refractivity contribution in [2.24, 2.45) is 5.41 Å². The largest absolute Gasteiger partial charge is 0.494 e. The fraction of sp³-hybridized carbons (Fsp3) is 0.394. The van der Waals surface area contributed by atoms with Crippen molar-refractivity contribution < 1.29 is 27.7 Å². The Balaban J connectivity index is 1.61. The zero-order valence-corrected chi connectivity index (χ0v) is 28.0. The van der Waals surface area contributed by atoms with Crippen LogP contribution in [-0.2, 0) is 25.8 Å². The van der Waals surface area contributed by atoms with Crippen LogP contribution in [0, 0.1) is 11.2 Å². The van der Waals surface area contributed by atoms with E-state index in [9.17, 15) is 13.8 Å². The van der Waals surface area contributed by atoms with Crippen molar-refractivity contribution in [3.63, 3.8) is 0 Å². The Kier molecular flexibility index (Phi) is 9.52. The summed E-state index contributed by atoms with van der Waals surface area (Å²) in [7, 11) is 0.461. The number of nitrogens with one attached hydrogen (secondary N) is 3. The molecule has 1 spiro atoms. The van der Waals surface area contributed by atoms with E-state index < -0.39 is 45.9 Å². The highest BCUT2D eigenvalue weighted by Crippen LogP contribution is 2.57. The molecule has 0 bridgehead atoms. The van der Waals surface area contributed by atoms with Gasteiger partial charge in [-0.2, -0.15) is 0 Å². The van der Waals surface area contributed by atoms with E-state index in [0.717, 1.165) is 0 Å². The summed E-state index contributed by atoms with van der Waals surface area (Å²) in [6, 6.07) is 13.1. The molecule has 3 N–H and O–H groups in total. The van der Waals surface area contributed by atoms with Gasteiger partial charge in [-0.05, 0) is 53.3 Å². The molecule has 0 saturated carbocycles. The van der Waals surface area contributed by atoms with Gasteiger partial charge in [0.05, 0.1) is 36.2 Å². The standard InChI is InChI=1S/C33H36Cl2FN3O5S/c1-32(2,3)17-26-33(21-11-9-18(34)15-24(21)38-31(33)41)27(20-7-6-8-22(35)28(20)36)29(39-26)30(40)37-23-12-10-19(16-25(23)43-4)44-13-14-45(5)42/h6-12,15-16,26-27,29,39H,13-14,17H2,1-5H3,(H,37,40)(H,38,41)/t26?,27?,29-,33-,45?/m1/s1. The van der Waals surface area contributed by atoms with E-state index in [1.807, 2.05) is 20.8 Å². The van der Waals surface area contributed by atoms with Gasteiger partial charge in [0.25, 0.3) is 0 Å². The molecule has 0 radical (unpaired) electrons. The zero-order chi connectivity index (χ0) is 32.7. The lowest BCUT2D eigenvalue weighted by molar-refractivity contribution is -0.122. The van der Waals surface area contributed by atoms with Gasteiger partial charge < -0.3 is 25.4 Å². The van der Waals surface area contributed by atoms with E-state index in [1.54, 1.807) is 54.8 Å². The van der Waals surface area contributed by atoms with Crippen LogP contribution in [-0.4, -0.2) is 53.8 Å². The third kappa shape index (κ3) is 6.43. The number of carbonyl (C=O) groups is 2. The Bertz CT molecular complexity index is 1670. The minimum Gasteiger partial charge on any atom is -0.494 e. The molecule has 5 atom stereocenters. The van der Waals surface area contributed by atoms with Crippen LogP contribution in [0.15, 0.2) is 54.6 Å². The number of methoxy groups -OCH3 is 1. The summed E-state index contributed by atoms with van der Waals surface area (Å²) in [5.41, 5.74) is 0.0102. The maximum absolute atomic E-state index is 16.0. The smallest absolute Gasteiger partial charge is 0.242 e. The van der Waals surface area contributed by atoms with E-state index >= 15 is 4.39 Å². The van der Waals surface area contributed by atoms with Crippen molar-refractivity contribution in [2.75, 3.05) is 36.4 Å². The van der Waals surface area contributed by atoms with Gasteiger partial charge in [0.2, 0.25) is 11.8 Å². The van der Waals surface area contributed by atoms with Gasteiger partial charge in [0.15, 0.2) is 0 Å². The molecule has 2 aliphatic heterocycles. The fourth-order valence-electron chi connectivity index (χ4n) is 6.50. The number of amides is 2. The first-order chi connectivity index (χ1) is 21.3. The van der Waals surface area contributed by atoms with Gasteiger partial charge >= 0.3 is 0 Å². The molecule has 0 aromatic heterocycles. The molecular weight excluding hydrogens is 640 g/mol. The first-order valence-electron chi connectivity index (χ1n) is 14.5. The van der Waals surface area contributed by atoms with Crippen molar-refractivity contribution in [3.8, 4) is 11.5 Å². The summed E-state index contributed by atoms with van der Waals surface area (Å²) in [5, 5.41) is 9.70. The number of hydrogen-bond donors (Lipinski definition) is 3. The number of carbonyl (C=O) groups excluding carboxylic acids is 2. The average molecular weight is 677 g/mol. The van der Waals surface area contributed by atoms with Crippen molar-refractivity contribution in [1.29, 1.82) is 0 Å². The molecule has 2 heterocycles. The molecule has 5 rings (SSSR count). The van der Waals surface area contributed by atoms with Gasteiger partial charge in [-0.25, -0.2) is 4.39 Å². The maximum atomic E-state index is 16.0. The van der Waals surface area contributed by atoms with E-state index in [2.05, 4.69) is 16.0 Å². The molecule has 1 saturated heterocycles. The Morgan fingerprint density at radius 3 is 2.58 bits per heavy atom. The van der Waals surface area contributed by atoms with E-state index in [0.29, 0.717) is 45.6 Å². The van der Waals surface area contributed by atoms with Crippen LogP contribution in [0.1, 0.15) is 44.2 Å². The summed E-state index contributed by atoms with van der Waals surface area (Å²) in [6.45, 7) is 6.40. The van der Waals surface area contributed by atoms with Gasteiger partial charge in [-0.1, -0.05) is 62.2 Å². The second-order valence-corrected chi connectivity index (χ2v) is 15.0. The number of fused-ring (bicyclic) bond motifs is 2. The molecule has 3 unspecified atom stereocenters. The third-order valence-corrected chi connectivity index (χ3v) is 9.56. The first kappa shape index (κ1) is 33.2. The summed E-state index contributed by atoms with van der Waals surface area (Å²) in [4.78, 5) is 28.6. The third-order valence-electron chi connectivity index (χ3n) is 8.29. The molecular formula is C33H36Cl2FN3O5S. The molecule has 12 heteroatoms. The lowest BCUT2D eigenvalue weighted by Gasteiger charge is -2.37. The second kappa shape index (κ2) is 12.9. The second-order valence-electron chi connectivity index (χ2n) is 12.6. The van der Waals surface area contributed by atoms with E-state index in [1.165, 1.54) is 13.2 Å². The lowest BCUT2D eigenvalue weighted by atomic mass is 9.62. The predicted molar refractivity (Wildman–Crippen MR) is 177 cm³/mol. The molecule has 1 fully saturated rings. The fourth-order valence-corrected chi connectivity index (χ4v) is 7.18. The predicted octanol–water partition coefficient (Wildman–Crippen LogP) is 6.29. The number of rotatable bonds is 9. The van der Waals surface area contributed by atoms with Crippen LogP contribution >= 0.6 is 23.2 Å². The minimum atomic E-state index is -1.37. The first-order valence-corrected chi connectivity index (χ1v) is 17.0. The highest BCUT2D eigenvalue weighted by molar-refractivity contribution is 7.84. The summed E-state index contributed by atoms with van der Waals surface area (Å²) >= 11 is 12.6. The Morgan fingerprint density at radius 1 is 1.13 bits per heavy atom. The van der Waals surface area contributed by atoms with Crippen molar-refractivity contribution >= 4 is 57.2 Å². The average Bonchev–Trinajstić information content (AvgIpc) is 3.44. The van der Waals surface area contributed by atoms with Gasteiger partial charge in [0.1, 0.15) is 22.7 Å². The van der Waals surface area contributed by atoms with E-state index in [4.69, 9.17) is 32.7 Å². The molecule has 2 amide bonds. The van der Waals surface area contributed by atoms with Gasteiger partial charge in [0, 0.05) is 45.8 Å². The highest BCUT2D eigenvalue weighted by Gasteiger charge is 2.66. The molecule has 45 heavy (non-hydrogen) atoms. The van der Waals surface area contributed by atoms with Crippen LogP contribution in [0.2, 0.25) is 10.0 Å². The minimum absolute atomic E-state index is 0.111. The molecule has 0 aliphatic carbocycles. The molecule has 240 valence electrons. The van der Waals surface area contributed by atoms with Crippen LogP contribution in [0.4, 0.5) is 15.8 Å². The van der Waals surface area contributed by atoms with Crippen molar-refractivity contribution in [3.05, 3.63) is 81.6 Å². The zero-order valence-electron chi connectivity index (χ0n) is 25.6. The van der Waals surface area contributed by atoms with Gasteiger partial charge in [-0.3, -0.25) is 13.8 Å². The lowest BCUT2D eigenvalue weighted by Crippen LogP contribution is -2.49. The summed E-state index contributed by atoms with van der Waals surface area (Å²) < 4.78 is 38.7. The Hall–Kier alpha value is -3.18. The molecule has 3 aromatic carbocycles. The maximum Gasteiger partial charge on any atom is 0.242 e. The van der Waals surface area contributed by atoms with Gasteiger partial charge in [-0.15, -0.1) is 0 Å². The highest BCUT2D eigenvalue weighted by atomic mass is 35.5. The normalized spacial score (nSPS) is 23.0. The number of benzene rings is 3. The van der Waals surface area contributed by atoms with Crippen LogP contribution in [0.3, 0.4) is 0 Å². The van der Waals surface area contributed by atoms with Crippen molar-refractivity contribution in [1.82, 2.24) is 5.32 Å². The summed E-state index contributed by atoms with van der Waals surface area (Å²) in [6.07, 6.45) is 2.09. The van der Waals surface area contributed by atoms with Crippen LogP contribution in [0.5, 0.6) is 11.5 Å². The van der Waals surface area contributed by atoms with Crippen molar-refractivity contribution in [2.45, 2.75) is 50.6 Å². The molecule has 3 aromatic rings. The van der Waals surface area contributed by atoms with Crippen LogP contribution in [0.25, 0.3) is 0 Å². The number of halogens is 3. The van der Waals surface area contributed by atoms with Crippen LogP contribution < -0.4 is 25.4 Å². The van der Waals surface area contributed by atoms with E-state index in [-0.39, 0.29) is 28.5 Å². The topological polar surface area (TPSA) is 106 Å². The molecule has 2 aliphatic rings. The summed E-state index contributed by atoms with van der Waals surface area (Å²) in [5.74, 6) is -1.34. The quantitative estimate of drug-likeness (QED) is 0.246. The number of anilines is 2. The number of hydrogen-bond acceptors (Lipinski definition) is 6. The Labute approximate surface area is 274 Å². The monoisotopic (exact) mass is 675 g/mol. The Morgan fingerprint density at radius 2 is 1.89 bits per heavy atom. The molecule has 8 nitrogen and oxygen atoms in total. The number of ether oxygens (including phenoxy) is 2. The SMILES string of the molecule is COc1cc(OCCS(C)=O)ccc1NC(=O)[C@@H]1NC(CC(C)(C)C)[C@@]2(C(=O)Nc3cc(Cl)ccc32)C1c1cccc(Cl)c1F.